The van der Waals surface area contributed by atoms with Gasteiger partial charge in [-0.3, -0.25) is 9.67 Å². The van der Waals surface area contributed by atoms with E-state index < -0.39 is 0 Å². The number of hydrogen-bond acceptors (Lipinski definition) is 4. The van der Waals surface area contributed by atoms with Gasteiger partial charge in [0, 0.05) is 25.0 Å². The number of pyridine rings is 1. The van der Waals surface area contributed by atoms with Crippen molar-refractivity contribution in [2.45, 2.75) is 6.04 Å². The second-order valence-corrected chi connectivity index (χ2v) is 3.58. The number of nitrogens with zero attached hydrogens (tertiary/aromatic N) is 3. The van der Waals surface area contributed by atoms with Crippen molar-refractivity contribution >= 4 is 0 Å². The van der Waals surface area contributed by atoms with Gasteiger partial charge in [0.25, 0.3) is 0 Å². The first-order valence-corrected chi connectivity index (χ1v) is 4.94. The van der Waals surface area contributed by atoms with Gasteiger partial charge in [0.2, 0.25) is 0 Å². The van der Waals surface area contributed by atoms with Crippen molar-refractivity contribution < 1.29 is 4.74 Å². The quantitative estimate of drug-likeness (QED) is 0.830. The number of aromatic nitrogens is 3. The molecular formula is C11H14N4O. The van der Waals surface area contributed by atoms with E-state index in [-0.39, 0.29) is 6.04 Å². The van der Waals surface area contributed by atoms with Gasteiger partial charge in [-0.1, -0.05) is 0 Å². The van der Waals surface area contributed by atoms with E-state index in [9.17, 15) is 0 Å². The fourth-order valence-corrected chi connectivity index (χ4v) is 1.51. The smallest absolute Gasteiger partial charge is 0.137 e. The van der Waals surface area contributed by atoms with Crippen LogP contribution in [-0.4, -0.2) is 21.9 Å². The fourth-order valence-electron chi connectivity index (χ4n) is 1.51. The van der Waals surface area contributed by atoms with Crippen molar-refractivity contribution in [3.05, 3.63) is 42.0 Å². The number of hydrogen-bond donors (Lipinski definition) is 1. The average Bonchev–Trinajstić information content (AvgIpc) is 2.75. The molecule has 0 fully saturated rings. The highest BCUT2D eigenvalue weighted by molar-refractivity contribution is 5.31. The SMILES string of the molecule is COc1cncc(C(N)c2cnn(C)c2)c1. The third-order valence-electron chi connectivity index (χ3n) is 2.41. The molecule has 2 rings (SSSR count). The normalized spacial score (nSPS) is 12.4. The van der Waals surface area contributed by atoms with Gasteiger partial charge >= 0.3 is 0 Å². The summed E-state index contributed by atoms with van der Waals surface area (Å²) in [6.45, 7) is 0. The molecule has 84 valence electrons. The zero-order valence-corrected chi connectivity index (χ0v) is 9.29. The summed E-state index contributed by atoms with van der Waals surface area (Å²) in [6, 6.07) is 1.65. The van der Waals surface area contributed by atoms with Gasteiger partial charge in [0.15, 0.2) is 0 Å². The minimum absolute atomic E-state index is 0.226. The zero-order valence-electron chi connectivity index (χ0n) is 9.29. The van der Waals surface area contributed by atoms with E-state index in [0.29, 0.717) is 5.75 Å². The second-order valence-electron chi connectivity index (χ2n) is 3.58. The lowest BCUT2D eigenvalue weighted by atomic mass is 10.0. The summed E-state index contributed by atoms with van der Waals surface area (Å²) >= 11 is 0. The van der Waals surface area contributed by atoms with Crippen LogP contribution in [0.15, 0.2) is 30.9 Å². The van der Waals surface area contributed by atoms with Crippen LogP contribution < -0.4 is 10.5 Å². The molecule has 0 aliphatic heterocycles. The lowest BCUT2D eigenvalue weighted by Crippen LogP contribution is -2.11. The van der Waals surface area contributed by atoms with Gasteiger partial charge in [-0.2, -0.15) is 5.10 Å². The van der Waals surface area contributed by atoms with Gasteiger partial charge in [0.1, 0.15) is 5.75 Å². The Hall–Kier alpha value is -1.88. The Morgan fingerprint density at radius 3 is 2.75 bits per heavy atom. The molecule has 2 heterocycles. The molecule has 0 aliphatic rings. The van der Waals surface area contributed by atoms with Crippen molar-refractivity contribution in [2.24, 2.45) is 12.8 Å². The minimum Gasteiger partial charge on any atom is -0.495 e. The largest absolute Gasteiger partial charge is 0.495 e. The molecule has 16 heavy (non-hydrogen) atoms. The molecule has 0 bridgehead atoms. The molecule has 0 saturated heterocycles. The second kappa shape index (κ2) is 4.32. The predicted octanol–water partition coefficient (Wildman–Crippen LogP) is 0.872. The molecule has 0 radical (unpaired) electrons. The van der Waals surface area contributed by atoms with Crippen LogP contribution in [-0.2, 0) is 7.05 Å². The van der Waals surface area contributed by atoms with E-state index in [2.05, 4.69) is 10.1 Å². The molecule has 0 amide bonds. The lowest BCUT2D eigenvalue weighted by molar-refractivity contribution is 0.412. The van der Waals surface area contributed by atoms with Crippen LogP contribution in [0.5, 0.6) is 5.75 Å². The summed E-state index contributed by atoms with van der Waals surface area (Å²) < 4.78 is 6.83. The summed E-state index contributed by atoms with van der Waals surface area (Å²) in [5.41, 5.74) is 7.97. The molecule has 5 heteroatoms. The van der Waals surface area contributed by atoms with Crippen molar-refractivity contribution in [2.75, 3.05) is 7.11 Å². The van der Waals surface area contributed by atoms with E-state index in [1.54, 1.807) is 30.4 Å². The maximum absolute atomic E-state index is 6.10. The zero-order chi connectivity index (χ0) is 11.5. The van der Waals surface area contributed by atoms with E-state index in [0.717, 1.165) is 11.1 Å². The topological polar surface area (TPSA) is 66.0 Å². The lowest BCUT2D eigenvalue weighted by Gasteiger charge is -2.10. The molecule has 1 unspecified atom stereocenters. The molecule has 2 aromatic rings. The van der Waals surface area contributed by atoms with Gasteiger partial charge in [-0.15, -0.1) is 0 Å². The Balaban J connectivity index is 2.29. The summed E-state index contributed by atoms with van der Waals surface area (Å²) in [5.74, 6) is 0.705. The van der Waals surface area contributed by atoms with Crippen molar-refractivity contribution in [3.63, 3.8) is 0 Å². The van der Waals surface area contributed by atoms with Crippen LogP contribution in [0.4, 0.5) is 0 Å². The summed E-state index contributed by atoms with van der Waals surface area (Å²) in [5, 5.41) is 4.09. The maximum atomic E-state index is 6.10. The Bertz CT molecular complexity index is 480. The van der Waals surface area contributed by atoms with Gasteiger partial charge in [-0.05, 0) is 11.6 Å². The van der Waals surface area contributed by atoms with Crippen LogP contribution >= 0.6 is 0 Å². The number of aryl methyl sites for hydroxylation is 1. The maximum Gasteiger partial charge on any atom is 0.137 e. The fraction of sp³-hybridized carbons (Fsp3) is 0.273. The molecule has 2 aromatic heterocycles. The van der Waals surface area contributed by atoms with E-state index in [4.69, 9.17) is 10.5 Å². The number of ether oxygens (including phenoxy) is 1. The van der Waals surface area contributed by atoms with Crippen molar-refractivity contribution in [3.8, 4) is 5.75 Å². The Morgan fingerprint density at radius 2 is 2.12 bits per heavy atom. The molecule has 5 nitrogen and oxygen atoms in total. The molecule has 0 aliphatic carbocycles. The third-order valence-corrected chi connectivity index (χ3v) is 2.41. The number of methoxy groups -OCH3 is 1. The third kappa shape index (κ3) is 2.04. The monoisotopic (exact) mass is 218 g/mol. The van der Waals surface area contributed by atoms with Gasteiger partial charge in [0.05, 0.1) is 25.5 Å². The summed E-state index contributed by atoms with van der Waals surface area (Å²) in [4.78, 5) is 4.08. The first kappa shape index (κ1) is 10.6. The van der Waals surface area contributed by atoms with Gasteiger partial charge in [-0.25, -0.2) is 0 Å². The highest BCUT2D eigenvalue weighted by Crippen LogP contribution is 2.21. The number of rotatable bonds is 3. The molecule has 0 spiro atoms. The van der Waals surface area contributed by atoms with Crippen LogP contribution in [0.3, 0.4) is 0 Å². The van der Waals surface area contributed by atoms with Crippen molar-refractivity contribution in [1.29, 1.82) is 0 Å². The molecular weight excluding hydrogens is 204 g/mol. The molecule has 2 N–H and O–H groups in total. The Labute approximate surface area is 93.9 Å². The van der Waals surface area contributed by atoms with Crippen molar-refractivity contribution in [1.82, 2.24) is 14.8 Å². The molecule has 0 saturated carbocycles. The van der Waals surface area contributed by atoms with E-state index in [1.165, 1.54) is 0 Å². The highest BCUT2D eigenvalue weighted by atomic mass is 16.5. The average molecular weight is 218 g/mol. The van der Waals surface area contributed by atoms with E-state index >= 15 is 0 Å². The van der Waals surface area contributed by atoms with Crippen LogP contribution in [0.2, 0.25) is 0 Å². The molecule has 1 atom stereocenters. The van der Waals surface area contributed by atoms with Gasteiger partial charge < -0.3 is 10.5 Å². The Kier molecular flexibility index (Phi) is 2.87. The Morgan fingerprint density at radius 1 is 1.31 bits per heavy atom. The first-order chi connectivity index (χ1) is 7.70. The standard InChI is InChI=1S/C11H14N4O/c1-15-7-9(5-14-15)11(12)8-3-10(16-2)6-13-4-8/h3-7,11H,12H2,1-2H3. The van der Waals surface area contributed by atoms with E-state index in [1.807, 2.05) is 19.3 Å². The first-order valence-electron chi connectivity index (χ1n) is 4.94. The molecule has 0 aromatic carbocycles. The summed E-state index contributed by atoms with van der Waals surface area (Å²) in [6.07, 6.45) is 7.04. The minimum atomic E-state index is -0.226. The van der Waals surface area contributed by atoms with Crippen LogP contribution in [0.25, 0.3) is 0 Å². The van der Waals surface area contributed by atoms with Crippen LogP contribution in [0, 0.1) is 0 Å². The van der Waals surface area contributed by atoms with Crippen LogP contribution in [0.1, 0.15) is 17.2 Å². The predicted molar refractivity (Wildman–Crippen MR) is 60.0 cm³/mol. The summed E-state index contributed by atoms with van der Waals surface area (Å²) in [7, 11) is 3.47. The number of nitrogens with two attached hydrogens (primary N) is 1. The highest BCUT2D eigenvalue weighted by Gasteiger charge is 2.11.